The van der Waals surface area contributed by atoms with Crippen LogP contribution in [0.25, 0.3) is 0 Å². The molecule has 2 atom stereocenters. The number of carbonyl (C=O) groups is 2. The quantitative estimate of drug-likeness (QED) is 0.347. The largest absolute Gasteiger partial charge is 0.369 e. The number of hydrogen-bond acceptors (Lipinski definition) is 9. The third kappa shape index (κ3) is 6.74. The smallest absolute Gasteiger partial charge is 0.271 e. The van der Waals surface area contributed by atoms with Crippen LogP contribution >= 0.6 is 11.8 Å². The molecular formula is C30H38N8O2S. The van der Waals surface area contributed by atoms with Gasteiger partial charge in [-0.15, -0.1) is 11.8 Å². The number of benzene rings is 2. The van der Waals surface area contributed by atoms with E-state index in [0.29, 0.717) is 17.2 Å². The van der Waals surface area contributed by atoms with Gasteiger partial charge < -0.3 is 31.1 Å². The highest BCUT2D eigenvalue weighted by atomic mass is 32.2. The van der Waals surface area contributed by atoms with Crippen molar-refractivity contribution in [3.8, 4) is 0 Å². The lowest BCUT2D eigenvalue weighted by molar-refractivity contribution is 0.0923. The normalized spacial score (nSPS) is 19.6. The number of amides is 2. The minimum Gasteiger partial charge on any atom is -0.369 e. The molecule has 4 N–H and O–H groups in total. The molecule has 10 nitrogen and oxygen atoms in total. The first-order chi connectivity index (χ1) is 19.8. The molecule has 216 valence electrons. The summed E-state index contributed by atoms with van der Waals surface area (Å²) < 4.78 is 0. The number of rotatable bonds is 8. The third-order valence-electron chi connectivity index (χ3n) is 7.94. The van der Waals surface area contributed by atoms with Crippen LogP contribution in [0.1, 0.15) is 40.6 Å². The molecule has 0 saturated carbocycles. The summed E-state index contributed by atoms with van der Waals surface area (Å²) in [5, 5.41) is 6.47. The van der Waals surface area contributed by atoms with Gasteiger partial charge in [0.2, 0.25) is 0 Å². The first-order valence-electron chi connectivity index (χ1n) is 14.0. The Morgan fingerprint density at radius 3 is 2.37 bits per heavy atom. The highest BCUT2D eigenvalue weighted by Gasteiger charge is 2.31. The van der Waals surface area contributed by atoms with Crippen LogP contribution in [0.5, 0.6) is 0 Å². The fourth-order valence-corrected chi connectivity index (χ4v) is 5.80. The molecule has 0 radical (unpaired) electrons. The summed E-state index contributed by atoms with van der Waals surface area (Å²) in [6.45, 7) is 6.89. The summed E-state index contributed by atoms with van der Waals surface area (Å²) >= 11 is 1.65. The number of aromatic nitrogens is 2. The number of anilines is 4. The van der Waals surface area contributed by atoms with Gasteiger partial charge in [0, 0.05) is 66.6 Å². The Balaban J connectivity index is 1.30. The molecule has 0 unspecified atom stereocenters. The van der Waals surface area contributed by atoms with Crippen molar-refractivity contribution in [1.29, 1.82) is 0 Å². The number of likely N-dealkylation sites (N-methyl/N-ethyl adjacent to an activating group) is 1. The molecule has 41 heavy (non-hydrogen) atoms. The van der Waals surface area contributed by atoms with Crippen molar-refractivity contribution in [3.05, 3.63) is 66.0 Å². The Labute approximate surface area is 245 Å². The second kappa shape index (κ2) is 12.8. The van der Waals surface area contributed by atoms with Crippen molar-refractivity contribution in [2.24, 2.45) is 5.73 Å². The van der Waals surface area contributed by atoms with Gasteiger partial charge in [0.1, 0.15) is 5.82 Å². The number of carbonyl (C=O) groups excluding carboxylic acids is 2. The number of thioether (sulfide) groups is 1. The minimum atomic E-state index is -0.648. The number of piperazine rings is 1. The lowest BCUT2D eigenvalue weighted by Gasteiger charge is -2.40. The van der Waals surface area contributed by atoms with E-state index in [1.165, 1.54) is 0 Å². The Morgan fingerprint density at radius 2 is 1.71 bits per heavy atom. The molecule has 2 amide bonds. The number of primary amides is 1. The van der Waals surface area contributed by atoms with Gasteiger partial charge in [0.25, 0.3) is 11.8 Å². The standard InChI is InChI=1S/C30H38N8O2S/c1-20-25(34-30(40)21-6-12-24(41-3)13-7-21)5-4-14-38(20)26-19-32-27(28(31)39)29(35-26)33-22-8-10-23(11-9-22)37-17-15-36(2)16-18-37/h6-13,19-20,25H,4-5,14-18H2,1-3H3,(H2,31,39)(H,33,35)(H,34,40)/t20-,25-/m1/s1. The maximum absolute atomic E-state index is 13.0. The molecule has 2 saturated heterocycles. The molecule has 2 aliphatic heterocycles. The zero-order valence-electron chi connectivity index (χ0n) is 23.8. The van der Waals surface area contributed by atoms with Crippen molar-refractivity contribution in [2.45, 2.75) is 36.7 Å². The van der Waals surface area contributed by atoms with Gasteiger partial charge in [-0.3, -0.25) is 9.59 Å². The van der Waals surface area contributed by atoms with Crippen LogP contribution in [0.2, 0.25) is 0 Å². The first kappa shape index (κ1) is 28.7. The van der Waals surface area contributed by atoms with Crippen molar-refractivity contribution < 1.29 is 9.59 Å². The van der Waals surface area contributed by atoms with Crippen LogP contribution in [0.4, 0.5) is 23.0 Å². The van der Waals surface area contributed by atoms with E-state index in [9.17, 15) is 9.59 Å². The Morgan fingerprint density at radius 1 is 1.00 bits per heavy atom. The van der Waals surface area contributed by atoms with Crippen molar-refractivity contribution in [3.63, 3.8) is 0 Å². The lowest BCUT2D eigenvalue weighted by Crippen LogP contribution is -2.54. The monoisotopic (exact) mass is 574 g/mol. The summed E-state index contributed by atoms with van der Waals surface area (Å²) in [6.07, 6.45) is 5.35. The van der Waals surface area contributed by atoms with Gasteiger partial charge in [-0.1, -0.05) is 0 Å². The molecule has 1 aromatic heterocycles. The molecule has 0 spiro atoms. The zero-order chi connectivity index (χ0) is 28.9. The summed E-state index contributed by atoms with van der Waals surface area (Å²) in [5.41, 5.74) is 8.33. The molecule has 2 aliphatic rings. The molecule has 3 aromatic rings. The van der Waals surface area contributed by atoms with Gasteiger partial charge >= 0.3 is 0 Å². The van der Waals surface area contributed by atoms with Gasteiger partial charge in [-0.05, 0) is 81.6 Å². The summed E-state index contributed by atoms with van der Waals surface area (Å²) in [5.74, 6) is 0.204. The van der Waals surface area contributed by atoms with Crippen molar-refractivity contribution in [1.82, 2.24) is 20.2 Å². The lowest BCUT2D eigenvalue weighted by atomic mass is 9.97. The fourth-order valence-electron chi connectivity index (χ4n) is 5.40. The molecular weight excluding hydrogens is 536 g/mol. The van der Waals surface area contributed by atoms with E-state index in [2.05, 4.69) is 56.4 Å². The van der Waals surface area contributed by atoms with Crippen LogP contribution < -0.4 is 26.2 Å². The van der Waals surface area contributed by atoms with E-state index in [-0.39, 0.29) is 23.7 Å². The molecule has 2 fully saturated rings. The average Bonchev–Trinajstić information content (AvgIpc) is 2.99. The van der Waals surface area contributed by atoms with Gasteiger partial charge in [0.05, 0.1) is 6.20 Å². The van der Waals surface area contributed by atoms with Crippen LogP contribution in [0, 0.1) is 0 Å². The number of nitrogens with two attached hydrogens (primary N) is 1. The summed E-state index contributed by atoms with van der Waals surface area (Å²) in [4.78, 5) is 42.3. The molecule has 5 rings (SSSR count). The molecule has 0 bridgehead atoms. The van der Waals surface area contributed by atoms with E-state index >= 15 is 0 Å². The Bertz CT molecular complexity index is 1360. The number of nitrogens with zero attached hydrogens (tertiary/aromatic N) is 5. The highest BCUT2D eigenvalue weighted by molar-refractivity contribution is 7.98. The summed E-state index contributed by atoms with van der Waals surface area (Å²) in [6, 6.07) is 15.6. The van der Waals surface area contributed by atoms with E-state index in [1.807, 2.05) is 42.7 Å². The molecule has 3 heterocycles. The third-order valence-corrected chi connectivity index (χ3v) is 8.69. The second-order valence-electron chi connectivity index (χ2n) is 10.6. The highest BCUT2D eigenvalue weighted by Crippen LogP contribution is 2.28. The topological polar surface area (TPSA) is 120 Å². The van der Waals surface area contributed by atoms with Gasteiger partial charge in [0.15, 0.2) is 11.5 Å². The maximum atomic E-state index is 13.0. The Kier molecular flexibility index (Phi) is 8.94. The molecule has 2 aromatic carbocycles. The SMILES string of the molecule is CSc1ccc(C(=O)N[C@@H]2CCCN(c3cnc(C(N)=O)c(Nc4ccc(N5CCN(C)CC5)cc4)n3)[C@@H]2C)cc1. The van der Waals surface area contributed by atoms with Crippen LogP contribution in [0.3, 0.4) is 0 Å². The van der Waals surface area contributed by atoms with E-state index < -0.39 is 5.91 Å². The molecule has 11 heteroatoms. The number of nitrogens with one attached hydrogen (secondary N) is 2. The van der Waals surface area contributed by atoms with Crippen LogP contribution in [-0.4, -0.2) is 84.8 Å². The van der Waals surface area contributed by atoms with E-state index in [0.717, 1.165) is 61.8 Å². The minimum absolute atomic E-state index is 0.0254. The van der Waals surface area contributed by atoms with E-state index in [1.54, 1.807) is 18.0 Å². The predicted octanol–water partition coefficient (Wildman–Crippen LogP) is 3.58. The van der Waals surface area contributed by atoms with Crippen molar-refractivity contribution in [2.75, 3.05) is 61.1 Å². The van der Waals surface area contributed by atoms with Crippen LogP contribution in [0.15, 0.2) is 59.6 Å². The maximum Gasteiger partial charge on any atom is 0.271 e. The zero-order valence-corrected chi connectivity index (χ0v) is 24.7. The summed E-state index contributed by atoms with van der Waals surface area (Å²) in [7, 11) is 2.14. The second-order valence-corrected chi connectivity index (χ2v) is 11.5. The Hall–Kier alpha value is -3.83. The van der Waals surface area contributed by atoms with Gasteiger partial charge in [-0.2, -0.15) is 0 Å². The fraction of sp³-hybridized carbons (Fsp3) is 0.400. The van der Waals surface area contributed by atoms with Gasteiger partial charge in [-0.25, -0.2) is 9.97 Å². The average molecular weight is 575 g/mol. The first-order valence-corrected chi connectivity index (χ1v) is 15.2. The number of hydrogen-bond donors (Lipinski definition) is 3. The molecule has 0 aliphatic carbocycles. The predicted molar refractivity (Wildman–Crippen MR) is 166 cm³/mol. The number of piperidine rings is 1. The van der Waals surface area contributed by atoms with E-state index in [4.69, 9.17) is 10.7 Å². The van der Waals surface area contributed by atoms with Crippen molar-refractivity contribution >= 4 is 46.6 Å². The van der Waals surface area contributed by atoms with Crippen LogP contribution in [-0.2, 0) is 0 Å².